The van der Waals surface area contributed by atoms with E-state index >= 15 is 0 Å². The van der Waals surface area contributed by atoms with Gasteiger partial charge in [-0.1, -0.05) is 26.0 Å². The molecule has 106 valence electrons. The highest BCUT2D eigenvalue weighted by molar-refractivity contribution is 5.78. The molecule has 0 spiro atoms. The van der Waals surface area contributed by atoms with E-state index in [1.807, 2.05) is 24.3 Å². The van der Waals surface area contributed by atoms with E-state index in [1.165, 1.54) is 12.8 Å². The zero-order valence-corrected chi connectivity index (χ0v) is 12.5. The Hall–Kier alpha value is -1.51. The van der Waals surface area contributed by atoms with Crippen molar-refractivity contribution in [3.8, 4) is 0 Å². The minimum absolute atomic E-state index is 0.0472. The standard InChI is InChI=1S/C16H26N2O/c1-12(2)5-6-13(3)18-15-9-7-14(8-10-15)11-16(19)17-4/h7-10,12-13,18H,5-6,11H2,1-4H3,(H,17,19). The van der Waals surface area contributed by atoms with Gasteiger partial charge in [0.2, 0.25) is 5.91 Å². The Labute approximate surface area is 116 Å². The second-order valence-electron chi connectivity index (χ2n) is 5.56. The first-order valence-electron chi connectivity index (χ1n) is 7.07. The van der Waals surface area contributed by atoms with E-state index in [4.69, 9.17) is 0 Å². The van der Waals surface area contributed by atoms with Gasteiger partial charge in [-0.3, -0.25) is 4.79 Å². The Morgan fingerprint density at radius 3 is 2.26 bits per heavy atom. The number of hydrogen-bond donors (Lipinski definition) is 2. The molecular formula is C16H26N2O. The Bertz CT molecular complexity index is 384. The van der Waals surface area contributed by atoms with Crippen LogP contribution in [0.2, 0.25) is 0 Å². The van der Waals surface area contributed by atoms with Crippen LogP contribution < -0.4 is 10.6 Å². The van der Waals surface area contributed by atoms with Crippen LogP contribution >= 0.6 is 0 Å². The zero-order chi connectivity index (χ0) is 14.3. The van der Waals surface area contributed by atoms with Crippen molar-refractivity contribution in [1.82, 2.24) is 5.32 Å². The van der Waals surface area contributed by atoms with Crippen LogP contribution in [0.4, 0.5) is 5.69 Å². The second kappa shape index (κ2) is 7.82. The molecule has 1 unspecified atom stereocenters. The molecule has 0 saturated heterocycles. The molecular weight excluding hydrogens is 236 g/mol. The van der Waals surface area contributed by atoms with E-state index in [0.717, 1.165) is 17.2 Å². The fraction of sp³-hybridized carbons (Fsp3) is 0.562. The molecule has 0 bridgehead atoms. The highest BCUT2D eigenvalue weighted by Gasteiger charge is 2.05. The summed E-state index contributed by atoms with van der Waals surface area (Å²) in [6, 6.07) is 8.58. The molecule has 0 radical (unpaired) electrons. The Morgan fingerprint density at radius 2 is 1.74 bits per heavy atom. The van der Waals surface area contributed by atoms with Gasteiger partial charge in [0.15, 0.2) is 0 Å². The van der Waals surface area contributed by atoms with Gasteiger partial charge in [0.25, 0.3) is 0 Å². The monoisotopic (exact) mass is 262 g/mol. The van der Waals surface area contributed by atoms with Crippen molar-refractivity contribution in [2.24, 2.45) is 5.92 Å². The molecule has 1 amide bonds. The fourth-order valence-electron chi connectivity index (χ4n) is 1.93. The quantitative estimate of drug-likeness (QED) is 0.792. The van der Waals surface area contributed by atoms with Crippen molar-refractivity contribution in [1.29, 1.82) is 0 Å². The third kappa shape index (κ3) is 6.27. The summed E-state index contributed by atoms with van der Waals surface area (Å²) in [5.74, 6) is 0.796. The second-order valence-corrected chi connectivity index (χ2v) is 5.56. The van der Waals surface area contributed by atoms with Crippen molar-refractivity contribution >= 4 is 11.6 Å². The van der Waals surface area contributed by atoms with Crippen molar-refractivity contribution in [3.05, 3.63) is 29.8 Å². The van der Waals surface area contributed by atoms with Gasteiger partial charge in [0.1, 0.15) is 0 Å². The fourth-order valence-corrected chi connectivity index (χ4v) is 1.93. The Morgan fingerprint density at radius 1 is 1.11 bits per heavy atom. The van der Waals surface area contributed by atoms with Crippen LogP contribution in [-0.4, -0.2) is 19.0 Å². The van der Waals surface area contributed by atoms with Crippen molar-refractivity contribution in [3.63, 3.8) is 0 Å². The molecule has 3 heteroatoms. The molecule has 19 heavy (non-hydrogen) atoms. The first kappa shape index (κ1) is 15.5. The number of benzene rings is 1. The van der Waals surface area contributed by atoms with Gasteiger partial charge in [-0.25, -0.2) is 0 Å². The van der Waals surface area contributed by atoms with Gasteiger partial charge in [-0.05, 0) is 43.4 Å². The molecule has 1 aromatic rings. The summed E-state index contributed by atoms with van der Waals surface area (Å²) >= 11 is 0. The van der Waals surface area contributed by atoms with E-state index in [0.29, 0.717) is 12.5 Å². The molecule has 1 aromatic carbocycles. The summed E-state index contributed by atoms with van der Waals surface area (Å²) in [5, 5.41) is 6.12. The Balaban J connectivity index is 2.45. The van der Waals surface area contributed by atoms with E-state index < -0.39 is 0 Å². The molecule has 0 aliphatic rings. The largest absolute Gasteiger partial charge is 0.383 e. The molecule has 0 aromatic heterocycles. The van der Waals surface area contributed by atoms with Gasteiger partial charge in [0.05, 0.1) is 6.42 Å². The number of amides is 1. The van der Waals surface area contributed by atoms with Crippen LogP contribution in [-0.2, 0) is 11.2 Å². The van der Waals surface area contributed by atoms with Crippen LogP contribution in [0.3, 0.4) is 0 Å². The maximum absolute atomic E-state index is 11.3. The van der Waals surface area contributed by atoms with Crippen molar-refractivity contribution in [2.75, 3.05) is 12.4 Å². The molecule has 0 aliphatic carbocycles. The average Bonchev–Trinajstić information content (AvgIpc) is 2.38. The minimum Gasteiger partial charge on any atom is -0.383 e. The summed E-state index contributed by atoms with van der Waals surface area (Å²) in [6.45, 7) is 6.71. The maximum atomic E-state index is 11.3. The van der Waals surface area contributed by atoms with Gasteiger partial charge in [-0.15, -0.1) is 0 Å². The lowest BCUT2D eigenvalue weighted by atomic mass is 10.0. The smallest absolute Gasteiger partial charge is 0.224 e. The molecule has 0 fully saturated rings. The number of anilines is 1. The van der Waals surface area contributed by atoms with E-state index in [-0.39, 0.29) is 5.91 Å². The van der Waals surface area contributed by atoms with E-state index in [9.17, 15) is 4.79 Å². The zero-order valence-electron chi connectivity index (χ0n) is 12.5. The van der Waals surface area contributed by atoms with Crippen LogP contribution in [0.5, 0.6) is 0 Å². The summed E-state index contributed by atoms with van der Waals surface area (Å²) in [5.41, 5.74) is 2.16. The number of rotatable bonds is 7. The molecule has 1 rings (SSSR count). The van der Waals surface area contributed by atoms with Gasteiger partial charge in [-0.2, -0.15) is 0 Å². The number of hydrogen-bond acceptors (Lipinski definition) is 2. The lowest BCUT2D eigenvalue weighted by Gasteiger charge is -2.16. The lowest BCUT2D eigenvalue weighted by Crippen LogP contribution is -2.20. The summed E-state index contributed by atoms with van der Waals surface area (Å²) in [7, 11) is 1.66. The molecule has 0 heterocycles. The summed E-state index contributed by atoms with van der Waals surface area (Å²) < 4.78 is 0. The SMILES string of the molecule is CNC(=O)Cc1ccc(NC(C)CCC(C)C)cc1. The summed E-state index contributed by atoms with van der Waals surface area (Å²) in [6.07, 6.45) is 2.86. The molecule has 2 N–H and O–H groups in total. The Kier molecular flexibility index (Phi) is 6.40. The predicted molar refractivity (Wildman–Crippen MR) is 81.4 cm³/mol. The first-order chi connectivity index (χ1) is 9.01. The van der Waals surface area contributed by atoms with Gasteiger partial charge >= 0.3 is 0 Å². The van der Waals surface area contributed by atoms with Crippen molar-refractivity contribution < 1.29 is 4.79 Å². The van der Waals surface area contributed by atoms with E-state index in [2.05, 4.69) is 31.4 Å². The highest BCUT2D eigenvalue weighted by atomic mass is 16.1. The topological polar surface area (TPSA) is 41.1 Å². The molecule has 3 nitrogen and oxygen atoms in total. The van der Waals surface area contributed by atoms with Crippen LogP contribution in [0.25, 0.3) is 0 Å². The van der Waals surface area contributed by atoms with Crippen LogP contribution in [0.15, 0.2) is 24.3 Å². The minimum atomic E-state index is 0.0472. The number of nitrogens with one attached hydrogen (secondary N) is 2. The van der Waals surface area contributed by atoms with E-state index in [1.54, 1.807) is 7.05 Å². The van der Waals surface area contributed by atoms with Crippen LogP contribution in [0, 0.1) is 5.92 Å². The molecule has 0 aliphatic heterocycles. The molecule has 1 atom stereocenters. The predicted octanol–water partition coefficient (Wildman–Crippen LogP) is 3.21. The third-order valence-corrected chi connectivity index (χ3v) is 3.19. The highest BCUT2D eigenvalue weighted by Crippen LogP contribution is 2.14. The average molecular weight is 262 g/mol. The van der Waals surface area contributed by atoms with Gasteiger partial charge in [0, 0.05) is 18.8 Å². The number of likely N-dealkylation sites (N-methyl/N-ethyl adjacent to an activating group) is 1. The maximum Gasteiger partial charge on any atom is 0.224 e. The van der Waals surface area contributed by atoms with Gasteiger partial charge < -0.3 is 10.6 Å². The third-order valence-electron chi connectivity index (χ3n) is 3.19. The van der Waals surface area contributed by atoms with Crippen LogP contribution in [0.1, 0.15) is 39.2 Å². The van der Waals surface area contributed by atoms with Crippen molar-refractivity contribution in [2.45, 2.75) is 46.1 Å². The normalized spacial score (nSPS) is 12.3. The molecule has 0 saturated carbocycles. The lowest BCUT2D eigenvalue weighted by molar-refractivity contribution is -0.119. The number of carbonyl (C=O) groups is 1. The first-order valence-corrected chi connectivity index (χ1v) is 7.07. The summed E-state index contributed by atoms with van der Waals surface area (Å²) in [4.78, 5) is 11.3. The number of carbonyl (C=O) groups excluding carboxylic acids is 1.